The average molecular weight is 378 g/mol. The fourth-order valence-electron chi connectivity index (χ4n) is 3.90. The van der Waals surface area contributed by atoms with Crippen LogP contribution in [0.5, 0.6) is 0 Å². The molecule has 4 aromatic rings. The molecule has 0 N–H and O–H groups in total. The van der Waals surface area contributed by atoms with Crippen molar-refractivity contribution in [1.29, 1.82) is 5.26 Å². The van der Waals surface area contributed by atoms with Gasteiger partial charge in [0.2, 0.25) is 0 Å². The van der Waals surface area contributed by atoms with Gasteiger partial charge in [-0.25, -0.2) is 0 Å². The van der Waals surface area contributed by atoms with Crippen molar-refractivity contribution in [3.05, 3.63) is 127 Å². The summed E-state index contributed by atoms with van der Waals surface area (Å²) in [5.74, 6) is 0. The fraction of sp³-hybridized carbons (Fsp3) is 0.0385. The van der Waals surface area contributed by atoms with Crippen molar-refractivity contribution >= 4 is 23.2 Å². The first kappa shape index (κ1) is 18.2. The van der Waals surface area contributed by atoms with Crippen molar-refractivity contribution < 1.29 is 0 Å². The number of nitriles is 1. The van der Waals surface area contributed by atoms with Gasteiger partial charge in [0, 0.05) is 5.56 Å². The van der Waals surface area contributed by atoms with Crippen LogP contribution in [0.25, 0.3) is 0 Å². The molecule has 0 amide bonds. The Kier molecular flexibility index (Phi) is 5.34. The topological polar surface area (TPSA) is 23.8 Å². The van der Waals surface area contributed by atoms with Crippen LogP contribution in [0.2, 0.25) is 0 Å². The number of rotatable bonds is 5. The predicted molar refractivity (Wildman–Crippen MR) is 120 cm³/mol. The van der Waals surface area contributed by atoms with E-state index in [2.05, 4.69) is 91.0 Å². The Morgan fingerprint density at radius 2 is 0.821 bits per heavy atom. The van der Waals surface area contributed by atoms with Crippen LogP contribution < -0.4 is 15.9 Å². The molecule has 0 unspecified atom stereocenters. The molecule has 4 rings (SSSR count). The normalized spacial score (nSPS) is 12.1. The van der Waals surface area contributed by atoms with Gasteiger partial charge in [0.05, 0.1) is 0 Å². The van der Waals surface area contributed by atoms with Crippen molar-refractivity contribution in [3.8, 4) is 6.07 Å². The zero-order chi connectivity index (χ0) is 19.2. The van der Waals surface area contributed by atoms with Gasteiger partial charge in [-0.15, -0.1) is 0 Å². The number of hydrogen-bond donors (Lipinski definition) is 0. The Morgan fingerprint density at radius 3 is 1.14 bits per heavy atom. The Hall–Kier alpha value is -3.20. The summed E-state index contributed by atoms with van der Waals surface area (Å²) in [5.41, 5.74) is 0.802. The van der Waals surface area contributed by atoms with Crippen molar-refractivity contribution in [2.75, 3.05) is 0 Å². The summed E-state index contributed by atoms with van der Waals surface area (Å²) in [7, 11) is -2.25. The minimum absolute atomic E-state index is 0.263. The molecule has 4 aromatic carbocycles. The highest BCUT2D eigenvalue weighted by Gasteiger charge is 2.53. The molecule has 134 valence electrons. The van der Waals surface area contributed by atoms with E-state index < -0.39 is 7.26 Å². The molecule has 0 radical (unpaired) electrons. The third kappa shape index (κ3) is 3.13. The highest BCUT2D eigenvalue weighted by Crippen LogP contribution is 2.66. The van der Waals surface area contributed by atoms with Gasteiger partial charge in [0.25, 0.3) is 0 Å². The third-order valence-electron chi connectivity index (χ3n) is 5.12. The lowest BCUT2D eigenvalue weighted by atomic mass is 10.2. The zero-order valence-electron chi connectivity index (χ0n) is 15.5. The van der Waals surface area contributed by atoms with Crippen LogP contribution in [0.4, 0.5) is 0 Å². The summed E-state index contributed by atoms with van der Waals surface area (Å²) in [5, 5.41) is 14.2. The molecule has 0 aliphatic carbocycles. The van der Waals surface area contributed by atoms with Crippen LogP contribution in [-0.2, 0) is 0 Å². The van der Waals surface area contributed by atoms with E-state index in [0.29, 0.717) is 0 Å². The number of benzene rings is 4. The van der Waals surface area contributed by atoms with Crippen LogP contribution in [0.3, 0.4) is 0 Å². The van der Waals surface area contributed by atoms with Crippen LogP contribution in [-0.4, -0.2) is 0 Å². The van der Waals surface area contributed by atoms with E-state index in [9.17, 15) is 5.26 Å². The quantitative estimate of drug-likeness (QED) is 0.436. The average Bonchev–Trinajstić information content (AvgIpc) is 2.80. The molecule has 0 spiro atoms. The van der Waals surface area contributed by atoms with Gasteiger partial charge in [-0.1, -0.05) is 84.9 Å². The first-order valence-electron chi connectivity index (χ1n) is 9.37. The molecule has 0 saturated heterocycles. The van der Waals surface area contributed by atoms with E-state index >= 15 is 0 Å². The van der Waals surface area contributed by atoms with Crippen LogP contribution in [0, 0.1) is 11.3 Å². The number of nitrogens with zero attached hydrogens (tertiary/aromatic N) is 1. The summed E-state index contributed by atoms with van der Waals surface area (Å²) < 4.78 is 0. The second-order valence-electron chi connectivity index (χ2n) is 6.67. The minimum Gasteiger partial charge on any atom is -0.193 e. The lowest BCUT2D eigenvalue weighted by Gasteiger charge is -2.31. The highest BCUT2D eigenvalue weighted by atomic mass is 31.2. The van der Waals surface area contributed by atoms with Crippen molar-refractivity contribution in [1.82, 2.24) is 0 Å². The van der Waals surface area contributed by atoms with Crippen LogP contribution in [0.15, 0.2) is 121 Å². The Morgan fingerprint density at radius 1 is 0.500 bits per heavy atom. The third-order valence-corrected chi connectivity index (χ3v) is 9.64. The van der Waals surface area contributed by atoms with Gasteiger partial charge in [-0.2, -0.15) is 5.26 Å². The monoisotopic (exact) mass is 378 g/mol. The highest BCUT2D eigenvalue weighted by molar-refractivity contribution is 7.96. The molecular formula is C26H21NP+. The summed E-state index contributed by atoms with van der Waals surface area (Å²) in [6.45, 7) is 0. The largest absolute Gasteiger partial charge is 0.193 e. The first-order valence-corrected chi connectivity index (χ1v) is 11.2. The summed E-state index contributed by atoms with van der Waals surface area (Å²) in [6.07, 6.45) is 0. The molecule has 0 saturated carbocycles. The molecule has 28 heavy (non-hydrogen) atoms. The standard InChI is InChI=1S/C26H21NP/c27-21-26(22-13-5-1-6-14-22)28(23-15-7-2-8-16-23,24-17-9-3-10-18-24)25-19-11-4-12-20-25/h1-20,26H/q+1/t26-/m0/s1. The van der Waals surface area contributed by atoms with Crippen LogP contribution >= 0.6 is 7.26 Å². The summed E-state index contributed by atoms with van der Waals surface area (Å²) in [4.78, 5) is 0. The van der Waals surface area contributed by atoms with E-state index in [1.54, 1.807) is 0 Å². The second-order valence-corrected chi connectivity index (χ2v) is 10.2. The predicted octanol–water partition coefficient (Wildman–Crippen LogP) is 5.25. The van der Waals surface area contributed by atoms with Gasteiger partial charge < -0.3 is 0 Å². The molecule has 0 aromatic heterocycles. The lowest BCUT2D eigenvalue weighted by molar-refractivity contribution is 1.20. The van der Waals surface area contributed by atoms with Gasteiger partial charge in [0.1, 0.15) is 29.2 Å². The maximum atomic E-state index is 10.5. The molecule has 0 heterocycles. The maximum Gasteiger partial charge on any atom is 0.193 e. The Balaban J connectivity index is 2.12. The molecule has 0 fully saturated rings. The van der Waals surface area contributed by atoms with Gasteiger partial charge in [-0.05, 0) is 36.4 Å². The lowest BCUT2D eigenvalue weighted by Crippen LogP contribution is -2.34. The molecule has 2 heteroatoms. The van der Waals surface area contributed by atoms with Crippen molar-refractivity contribution in [3.63, 3.8) is 0 Å². The molecular weight excluding hydrogens is 357 g/mol. The molecule has 0 aliphatic rings. The fourth-order valence-corrected chi connectivity index (χ4v) is 8.41. The van der Waals surface area contributed by atoms with E-state index in [4.69, 9.17) is 0 Å². The van der Waals surface area contributed by atoms with Gasteiger partial charge >= 0.3 is 0 Å². The molecule has 0 aliphatic heterocycles. The molecule has 1 nitrogen and oxygen atoms in total. The van der Waals surface area contributed by atoms with E-state index in [0.717, 1.165) is 5.56 Å². The Labute approximate surface area is 167 Å². The smallest absolute Gasteiger partial charge is 0.193 e. The summed E-state index contributed by atoms with van der Waals surface area (Å²) in [6, 6.07) is 44.6. The minimum atomic E-state index is -2.25. The van der Waals surface area contributed by atoms with Crippen molar-refractivity contribution in [2.45, 2.75) is 5.66 Å². The maximum absolute atomic E-state index is 10.5. The molecule has 1 atom stereocenters. The second kappa shape index (κ2) is 8.22. The SMILES string of the molecule is N#C[C@@H](c1ccccc1)[P+](c1ccccc1)(c1ccccc1)c1ccccc1. The number of hydrogen-bond acceptors (Lipinski definition) is 1. The zero-order valence-corrected chi connectivity index (χ0v) is 16.4. The van der Waals surface area contributed by atoms with Crippen molar-refractivity contribution in [2.24, 2.45) is 0 Å². The van der Waals surface area contributed by atoms with E-state index in [-0.39, 0.29) is 5.66 Å². The van der Waals surface area contributed by atoms with Crippen LogP contribution in [0.1, 0.15) is 11.2 Å². The summed E-state index contributed by atoms with van der Waals surface area (Å²) >= 11 is 0. The van der Waals surface area contributed by atoms with E-state index in [1.165, 1.54) is 15.9 Å². The van der Waals surface area contributed by atoms with Gasteiger partial charge in [-0.3, -0.25) is 0 Å². The van der Waals surface area contributed by atoms with Gasteiger partial charge in [0.15, 0.2) is 5.66 Å². The van der Waals surface area contributed by atoms with E-state index in [1.807, 2.05) is 36.4 Å². The molecule has 0 bridgehead atoms. The Bertz CT molecular complexity index is 958. The first-order chi connectivity index (χ1) is 13.9.